The normalized spacial score (nSPS) is 16.7. The van der Waals surface area contributed by atoms with Gasteiger partial charge >= 0.3 is 0 Å². The first-order valence-corrected chi connectivity index (χ1v) is 16.9. The fraction of sp³-hybridized carbons (Fsp3) is 0.200. The van der Waals surface area contributed by atoms with E-state index >= 15 is 0 Å². The van der Waals surface area contributed by atoms with E-state index in [1.54, 1.807) is 0 Å². The second-order valence-corrected chi connectivity index (χ2v) is 13.0. The number of benzene rings is 5. The molecular formula is C40H36Cl2N4O. The number of nitrogens with one attached hydrogen (secondary N) is 2. The van der Waals surface area contributed by atoms with Gasteiger partial charge in [0.25, 0.3) is 0 Å². The van der Waals surface area contributed by atoms with Crippen LogP contribution in [0.25, 0.3) is 22.0 Å². The third-order valence-electron chi connectivity index (χ3n) is 9.57. The lowest BCUT2D eigenvalue weighted by molar-refractivity contribution is -0.120. The predicted molar refractivity (Wildman–Crippen MR) is 193 cm³/mol. The lowest BCUT2D eigenvalue weighted by Gasteiger charge is -2.37. The summed E-state index contributed by atoms with van der Waals surface area (Å²) in [6.45, 7) is 0. The van der Waals surface area contributed by atoms with Crippen LogP contribution < -0.4 is 10.6 Å². The zero-order valence-electron chi connectivity index (χ0n) is 26.2. The number of rotatable bonds is 8. The molecule has 0 saturated heterocycles. The van der Waals surface area contributed by atoms with Gasteiger partial charge in [-0.2, -0.15) is 5.10 Å². The summed E-state index contributed by atoms with van der Waals surface area (Å²) >= 11 is 13.4. The van der Waals surface area contributed by atoms with E-state index in [4.69, 9.17) is 28.3 Å². The Hall–Kier alpha value is -4.42. The highest BCUT2D eigenvalue weighted by Crippen LogP contribution is 2.45. The number of anilines is 1. The summed E-state index contributed by atoms with van der Waals surface area (Å²) in [7, 11) is 1.99. The maximum atomic E-state index is 13.9. The number of fused-ring (bicyclic) bond motifs is 1. The Morgan fingerprint density at radius 2 is 1.26 bits per heavy atom. The van der Waals surface area contributed by atoms with Crippen molar-refractivity contribution in [3.05, 3.63) is 154 Å². The second-order valence-electron chi connectivity index (χ2n) is 12.2. The van der Waals surface area contributed by atoms with Crippen molar-refractivity contribution in [3.63, 3.8) is 0 Å². The summed E-state index contributed by atoms with van der Waals surface area (Å²) in [5, 5.41) is 13.9. The monoisotopic (exact) mass is 658 g/mol. The van der Waals surface area contributed by atoms with Gasteiger partial charge < -0.3 is 10.6 Å². The first-order chi connectivity index (χ1) is 23.0. The fourth-order valence-electron chi connectivity index (χ4n) is 7.16. The van der Waals surface area contributed by atoms with Crippen LogP contribution in [0.2, 0.25) is 10.0 Å². The predicted octanol–water partition coefficient (Wildman–Crippen LogP) is 9.57. The summed E-state index contributed by atoms with van der Waals surface area (Å²) in [6, 6.07) is 43.4. The van der Waals surface area contributed by atoms with Crippen molar-refractivity contribution < 1.29 is 4.79 Å². The van der Waals surface area contributed by atoms with E-state index in [2.05, 4.69) is 94.2 Å². The third-order valence-corrected chi connectivity index (χ3v) is 10.2. The molecule has 1 aromatic heterocycles. The van der Waals surface area contributed by atoms with Crippen molar-refractivity contribution in [2.75, 3.05) is 12.4 Å². The average Bonchev–Trinajstić information content (AvgIpc) is 3.47. The second kappa shape index (κ2) is 13.4. The number of aromatic nitrogens is 2. The Morgan fingerprint density at radius 3 is 1.77 bits per heavy atom. The number of carbonyl (C=O) groups is 1. The Morgan fingerprint density at radius 1 is 0.723 bits per heavy atom. The van der Waals surface area contributed by atoms with Crippen molar-refractivity contribution in [1.29, 1.82) is 0 Å². The van der Waals surface area contributed by atoms with Crippen LogP contribution in [0.3, 0.4) is 0 Å². The number of amides is 1. The van der Waals surface area contributed by atoms with E-state index in [-0.39, 0.29) is 11.8 Å². The van der Waals surface area contributed by atoms with Crippen LogP contribution in [0.15, 0.2) is 127 Å². The summed E-state index contributed by atoms with van der Waals surface area (Å²) < 4.78 is 2.08. The molecule has 1 saturated carbocycles. The van der Waals surface area contributed by atoms with Crippen molar-refractivity contribution in [1.82, 2.24) is 15.1 Å². The average molecular weight is 660 g/mol. The highest BCUT2D eigenvalue weighted by molar-refractivity contribution is 6.39. The zero-order valence-corrected chi connectivity index (χ0v) is 27.7. The SMILES string of the molecule is CNC1CCC(C(=O)Nc2nn(C(c3ccccc3)(c3ccccc3)c3ccccc3)c3ccc(-c4c(Cl)cccc4Cl)cc23)CC1. The molecule has 5 aromatic carbocycles. The molecule has 7 rings (SSSR count). The minimum absolute atomic E-state index is 0.00276. The molecule has 1 amide bonds. The molecule has 2 N–H and O–H groups in total. The topological polar surface area (TPSA) is 59.0 Å². The van der Waals surface area contributed by atoms with E-state index in [0.717, 1.165) is 64.4 Å². The van der Waals surface area contributed by atoms with Crippen molar-refractivity contribution in [3.8, 4) is 11.1 Å². The van der Waals surface area contributed by atoms with Gasteiger partial charge in [0.05, 0.1) is 5.52 Å². The largest absolute Gasteiger partial charge is 0.317 e. The van der Waals surface area contributed by atoms with Crippen LogP contribution in [-0.4, -0.2) is 28.8 Å². The molecule has 6 aromatic rings. The molecule has 1 fully saturated rings. The Labute approximate surface area is 285 Å². The van der Waals surface area contributed by atoms with Crippen LogP contribution in [0.1, 0.15) is 42.4 Å². The van der Waals surface area contributed by atoms with E-state index in [1.165, 1.54) is 0 Å². The van der Waals surface area contributed by atoms with Crippen molar-refractivity contribution >= 4 is 45.8 Å². The Kier molecular flexibility index (Phi) is 8.87. The van der Waals surface area contributed by atoms with Gasteiger partial charge in [0.2, 0.25) is 5.91 Å². The van der Waals surface area contributed by atoms with E-state index in [0.29, 0.717) is 21.9 Å². The molecule has 1 aliphatic rings. The minimum Gasteiger partial charge on any atom is -0.317 e. The number of carbonyl (C=O) groups excluding carboxylic acids is 1. The summed E-state index contributed by atoms with van der Waals surface area (Å²) in [6.07, 6.45) is 3.60. The van der Waals surface area contributed by atoms with Crippen LogP contribution in [-0.2, 0) is 10.3 Å². The quantitative estimate of drug-likeness (QED) is 0.160. The molecule has 0 spiro atoms. The van der Waals surface area contributed by atoms with Gasteiger partial charge in [-0.3, -0.25) is 4.79 Å². The Bertz CT molecular complexity index is 1890. The number of halogens is 2. The van der Waals surface area contributed by atoms with Gasteiger partial charge in [-0.25, -0.2) is 4.68 Å². The summed E-state index contributed by atoms with van der Waals surface area (Å²) in [4.78, 5) is 13.9. The molecule has 0 bridgehead atoms. The van der Waals surface area contributed by atoms with Crippen LogP contribution in [0.5, 0.6) is 0 Å². The molecule has 0 radical (unpaired) electrons. The van der Waals surface area contributed by atoms with E-state index in [1.807, 2.05) is 55.6 Å². The van der Waals surface area contributed by atoms with Gasteiger partial charge in [-0.05, 0) is 79.3 Å². The van der Waals surface area contributed by atoms with Crippen LogP contribution in [0, 0.1) is 5.92 Å². The van der Waals surface area contributed by atoms with Gasteiger partial charge in [0, 0.05) is 33.0 Å². The van der Waals surface area contributed by atoms with Gasteiger partial charge in [-0.1, -0.05) is 126 Å². The van der Waals surface area contributed by atoms with Crippen molar-refractivity contribution in [2.45, 2.75) is 37.3 Å². The van der Waals surface area contributed by atoms with Gasteiger partial charge in [-0.15, -0.1) is 0 Å². The zero-order chi connectivity index (χ0) is 32.4. The molecule has 1 aliphatic carbocycles. The Balaban J connectivity index is 1.49. The number of hydrogen-bond donors (Lipinski definition) is 2. The first kappa shape index (κ1) is 31.2. The van der Waals surface area contributed by atoms with E-state index < -0.39 is 5.54 Å². The summed E-state index contributed by atoms with van der Waals surface area (Å²) in [5.41, 5.74) is 4.73. The number of nitrogens with zero attached hydrogens (tertiary/aromatic N) is 2. The highest BCUT2D eigenvalue weighted by Gasteiger charge is 2.41. The molecular weight excluding hydrogens is 623 g/mol. The minimum atomic E-state index is -0.862. The van der Waals surface area contributed by atoms with E-state index in [9.17, 15) is 4.79 Å². The van der Waals surface area contributed by atoms with Crippen molar-refractivity contribution in [2.24, 2.45) is 5.92 Å². The van der Waals surface area contributed by atoms with Crippen LogP contribution in [0.4, 0.5) is 5.82 Å². The molecule has 236 valence electrons. The standard InChI is InChI=1S/C40H36Cl2N4O/c1-43-32-23-20-27(21-24-32)39(47)44-38-33-26-28(37-34(41)18-11-19-35(37)42)22-25-36(33)46(45-38)40(29-12-5-2-6-13-29,30-14-7-3-8-15-30)31-16-9-4-10-17-31/h2-19,22,25-27,32,43H,20-21,23-24H2,1H3,(H,44,45,47). The maximum absolute atomic E-state index is 13.9. The summed E-state index contributed by atoms with van der Waals surface area (Å²) in [5.74, 6) is 0.429. The molecule has 5 nitrogen and oxygen atoms in total. The highest BCUT2D eigenvalue weighted by atomic mass is 35.5. The maximum Gasteiger partial charge on any atom is 0.228 e. The molecule has 7 heteroatoms. The lowest BCUT2D eigenvalue weighted by atomic mass is 9.77. The van der Waals surface area contributed by atoms with Gasteiger partial charge in [0.15, 0.2) is 5.82 Å². The molecule has 0 aliphatic heterocycles. The van der Waals surface area contributed by atoms with Gasteiger partial charge in [0.1, 0.15) is 5.54 Å². The molecule has 0 unspecified atom stereocenters. The molecule has 47 heavy (non-hydrogen) atoms. The molecule has 0 atom stereocenters. The van der Waals surface area contributed by atoms with Crippen LogP contribution >= 0.6 is 23.2 Å². The fourth-order valence-corrected chi connectivity index (χ4v) is 7.78. The first-order valence-electron chi connectivity index (χ1n) is 16.1. The smallest absolute Gasteiger partial charge is 0.228 e. The third kappa shape index (κ3) is 5.73. The molecule has 1 heterocycles. The lowest BCUT2D eigenvalue weighted by Crippen LogP contribution is -2.38. The number of hydrogen-bond acceptors (Lipinski definition) is 3.